The van der Waals surface area contributed by atoms with Gasteiger partial charge in [0.25, 0.3) is 0 Å². The minimum absolute atomic E-state index is 0.285. The summed E-state index contributed by atoms with van der Waals surface area (Å²) in [6.07, 6.45) is 5.91. The summed E-state index contributed by atoms with van der Waals surface area (Å²) in [4.78, 5) is 5.60. The Hall–Kier alpha value is -1.27. The predicted molar refractivity (Wildman–Crippen MR) is 72.6 cm³/mol. The lowest BCUT2D eigenvalue weighted by Gasteiger charge is -2.15. The van der Waals surface area contributed by atoms with Crippen molar-refractivity contribution in [3.8, 4) is 0 Å². The lowest BCUT2D eigenvalue weighted by molar-refractivity contribution is 0.530. The van der Waals surface area contributed by atoms with Gasteiger partial charge in [0.1, 0.15) is 0 Å². The first-order valence-electron chi connectivity index (χ1n) is 6.20. The van der Waals surface area contributed by atoms with Gasteiger partial charge in [0.05, 0.1) is 10.7 Å². The van der Waals surface area contributed by atoms with Crippen LogP contribution in [0.3, 0.4) is 0 Å². The molecule has 0 spiro atoms. The van der Waals surface area contributed by atoms with Crippen LogP contribution in [0, 0.1) is 6.92 Å². The first kappa shape index (κ1) is 13.2. The number of aromatic nitrogens is 4. The van der Waals surface area contributed by atoms with Crippen LogP contribution in [-0.4, -0.2) is 26.5 Å². The smallest absolute Gasteiger partial charge is 0.0897 e. The molecule has 2 aromatic rings. The van der Waals surface area contributed by atoms with Crippen LogP contribution in [0.5, 0.6) is 0 Å². The molecule has 0 bridgehead atoms. The second-order valence-corrected chi connectivity index (χ2v) is 5.64. The highest BCUT2D eigenvalue weighted by Crippen LogP contribution is 2.23. The summed E-state index contributed by atoms with van der Waals surface area (Å²) in [7, 11) is 1.89. The van der Waals surface area contributed by atoms with E-state index in [1.54, 1.807) is 16.0 Å². The van der Waals surface area contributed by atoms with Crippen LogP contribution in [0.1, 0.15) is 35.0 Å². The summed E-state index contributed by atoms with van der Waals surface area (Å²) >= 11 is 1.74. The normalized spacial score (nSPS) is 12.8. The zero-order valence-corrected chi connectivity index (χ0v) is 11.9. The Bertz CT molecular complexity index is 490. The first-order chi connectivity index (χ1) is 8.69. The zero-order chi connectivity index (χ0) is 13.0. The number of nitrogens with one attached hydrogen (secondary N) is 1. The largest absolute Gasteiger partial charge is 0.309 e. The summed E-state index contributed by atoms with van der Waals surface area (Å²) < 4.78 is 1.74. The van der Waals surface area contributed by atoms with Gasteiger partial charge in [0.15, 0.2) is 0 Å². The third kappa shape index (κ3) is 3.36. The van der Waals surface area contributed by atoms with E-state index in [1.807, 2.05) is 26.4 Å². The van der Waals surface area contributed by atoms with Gasteiger partial charge >= 0.3 is 0 Å². The molecule has 0 aliphatic carbocycles. The number of aryl methyl sites for hydroxylation is 2. The molecule has 6 heteroatoms. The predicted octanol–water partition coefficient (Wildman–Crippen LogP) is 1.86. The zero-order valence-electron chi connectivity index (χ0n) is 11.1. The van der Waals surface area contributed by atoms with Gasteiger partial charge in [-0.3, -0.25) is 4.68 Å². The van der Waals surface area contributed by atoms with E-state index in [1.165, 1.54) is 4.88 Å². The molecule has 98 valence electrons. The lowest BCUT2D eigenvalue weighted by atomic mass is 10.1. The monoisotopic (exact) mass is 265 g/mol. The van der Waals surface area contributed by atoms with Crippen LogP contribution < -0.4 is 5.32 Å². The average molecular weight is 265 g/mol. The van der Waals surface area contributed by atoms with E-state index in [0.717, 1.165) is 30.1 Å². The molecular formula is C12H19N5S. The minimum Gasteiger partial charge on any atom is -0.309 e. The van der Waals surface area contributed by atoms with E-state index in [-0.39, 0.29) is 6.04 Å². The number of hydrogen-bond donors (Lipinski definition) is 1. The summed E-state index contributed by atoms with van der Waals surface area (Å²) in [5, 5.41) is 12.8. The molecule has 0 aliphatic rings. The van der Waals surface area contributed by atoms with E-state index in [2.05, 4.69) is 27.5 Å². The van der Waals surface area contributed by atoms with Gasteiger partial charge in [-0.05, 0) is 19.9 Å². The van der Waals surface area contributed by atoms with Crippen molar-refractivity contribution in [3.63, 3.8) is 0 Å². The highest BCUT2D eigenvalue weighted by Gasteiger charge is 2.15. The maximum absolute atomic E-state index is 4.33. The van der Waals surface area contributed by atoms with Crippen molar-refractivity contribution in [2.75, 3.05) is 6.54 Å². The Labute approximate surface area is 111 Å². The summed E-state index contributed by atoms with van der Waals surface area (Å²) in [6.45, 7) is 5.21. The molecule has 0 saturated carbocycles. The summed E-state index contributed by atoms with van der Waals surface area (Å²) in [6, 6.07) is 0.285. The highest BCUT2D eigenvalue weighted by molar-refractivity contribution is 7.11. The molecule has 1 atom stereocenters. The Morgan fingerprint density at radius 1 is 1.50 bits per heavy atom. The molecule has 0 amide bonds. The van der Waals surface area contributed by atoms with Crippen LogP contribution in [0.2, 0.25) is 0 Å². The quantitative estimate of drug-likeness (QED) is 0.866. The van der Waals surface area contributed by atoms with Crippen molar-refractivity contribution in [3.05, 3.63) is 28.0 Å². The molecular weight excluding hydrogens is 246 g/mol. The Kier molecular flexibility index (Phi) is 4.43. The topological polar surface area (TPSA) is 55.6 Å². The van der Waals surface area contributed by atoms with Crippen molar-refractivity contribution in [2.45, 2.75) is 32.7 Å². The molecule has 0 aromatic carbocycles. The number of rotatable bonds is 6. The fraction of sp³-hybridized carbons (Fsp3) is 0.583. The molecule has 0 radical (unpaired) electrons. The lowest BCUT2D eigenvalue weighted by Crippen LogP contribution is -2.23. The van der Waals surface area contributed by atoms with E-state index >= 15 is 0 Å². The Balaban J connectivity index is 2.09. The Morgan fingerprint density at radius 3 is 2.89 bits per heavy atom. The summed E-state index contributed by atoms with van der Waals surface area (Å²) in [5.74, 6) is 0. The van der Waals surface area contributed by atoms with Gasteiger partial charge in [-0.25, -0.2) is 4.98 Å². The van der Waals surface area contributed by atoms with Crippen molar-refractivity contribution in [1.82, 2.24) is 25.3 Å². The van der Waals surface area contributed by atoms with Crippen LogP contribution in [-0.2, 0) is 13.5 Å². The van der Waals surface area contributed by atoms with Crippen LogP contribution >= 0.6 is 11.3 Å². The molecule has 18 heavy (non-hydrogen) atoms. The van der Waals surface area contributed by atoms with Gasteiger partial charge in [0, 0.05) is 36.8 Å². The number of hydrogen-bond acceptors (Lipinski definition) is 5. The second kappa shape index (κ2) is 6.06. The molecule has 2 rings (SSSR count). The maximum Gasteiger partial charge on any atom is 0.0897 e. The molecule has 0 saturated heterocycles. The van der Waals surface area contributed by atoms with Gasteiger partial charge in [-0.1, -0.05) is 12.1 Å². The molecule has 0 aliphatic heterocycles. The second-order valence-electron chi connectivity index (χ2n) is 4.38. The van der Waals surface area contributed by atoms with Gasteiger partial charge in [-0.2, -0.15) is 0 Å². The average Bonchev–Trinajstić information content (AvgIpc) is 2.93. The number of nitrogens with zero attached hydrogens (tertiary/aromatic N) is 4. The van der Waals surface area contributed by atoms with Gasteiger partial charge < -0.3 is 5.32 Å². The minimum atomic E-state index is 0.285. The third-order valence-electron chi connectivity index (χ3n) is 2.69. The molecule has 1 unspecified atom stereocenters. The van der Waals surface area contributed by atoms with Crippen molar-refractivity contribution in [2.24, 2.45) is 7.05 Å². The first-order valence-corrected chi connectivity index (χ1v) is 7.01. The molecule has 1 N–H and O–H groups in total. The molecule has 2 heterocycles. The van der Waals surface area contributed by atoms with E-state index < -0.39 is 0 Å². The fourth-order valence-electron chi connectivity index (χ4n) is 1.83. The molecule has 2 aromatic heterocycles. The van der Waals surface area contributed by atoms with Gasteiger partial charge in [0.2, 0.25) is 0 Å². The third-order valence-corrected chi connectivity index (χ3v) is 3.71. The Morgan fingerprint density at radius 2 is 2.33 bits per heavy atom. The SMILES string of the molecule is CCCNC(Cc1cn(C)nn1)c1cnc(C)s1. The van der Waals surface area contributed by atoms with Gasteiger partial charge in [-0.15, -0.1) is 16.4 Å². The van der Waals surface area contributed by atoms with Crippen molar-refractivity contribution < 1.29 is 0 Å². The number of thiazole rings is 1. The maximum atomic E-state index is 4.33. The van der Waals surface area contributed by atoms with Crippen LogP contribution in [0.25, 0.3) is 0 Å². The highest BCUT2D eigenvalue weighted by atomic mass is 32.1. The standard InChI is InChI=1S/C12H19N5S/c1-4-5-13-11(12-7-14-9(2)18-12)6-10-8-17(3)16-15-10/h7-8,11,13H,4-6H2,1-3H3. The van der Waals surface area contributed by atoms with E-state index in [4.69, 9.17) is 0 Å². The van der Waals surface area contributed by atoms with Crippen LogP contribution in [0.4, 0.5) is 0 Å². The van der Waals surface area contributed by atoms with Crippen LogP contribution in [0.15, 0.2) is 12.4 Å². The summed E-state index contributed by atoms with van der Waals surface area (Å²) in [5.41, 5.74) is 1.01. The fourth-order valence-corrected chi connectivity index (χ4v) is 2.69. The van der Waals surface area contributed by atoms with E-state index in [0.29, 0.717) is 0 Å². The molecule has 0 fully saturated rings. The van der Waals surface area contributed by atoms with E-state index in [9.17, 15) is 0 Å². The van der Waals surface area contributed by atoms with Crippen molar-refractivity contribution >= 4 is 11.3 Å². The molecule has 5 nitrogen and oxygen atoms in total. The van der Waals surface area contributed by atoms with Crippen molar-refractivity contribution in [1.29, 1.82) is 0 Å².